The molecule has 3 N–H and O–H groups in total. The first-order chi connectivity index (χ1) is 9.59. The zero-order chi connectivity index (χ0) is 14.2. The van der Waals surface area contributed by atoms with E-state index < -0.39 is 11.6 Å². The molecular formula is C13H20N4O3. The van der Waals surface area contributed by atoms with E-state index in [1.165, 1.54) is 0 Å². The molecule has 0 saturated carbocycles. The van der Waals surface area contributed by atoms with Gasteiger partial charge in [-0.15, -0.1) is 0 Å². The van der Waals surface area contributed by atoms with Gasteiger partial charge in [0.15, 0.2) is 0 Å². The average Bonchev–Trinajstić information content (AvgIpc) is 3.00. The van der Waals surface area contributed by atoms with Crippen molar-refractivity contribution in [1.82, 2.24) is 20.9 Å². The molecule has 7 heteroatoms. The summed E-state index contributed by atoms with van der Waals surface area (Å²) in [5.41, 5.74) is -0.789. The molecule has 3 aliphatic heterocycles. The van der Waals surface area contributed by atoms with Crippen LogP contribution in [0.2, 0.25) is 0 Å². The lowest BCUT2D eigenvalue weighted by Gasteiger charge is -2.37. The number of piperidine rings is 1. The van der Waals surface area contributed by atoms with Crippen LogP contribution < -0.4 is 16.0 Å². The van der Waals surface area contributed by atoms with Crippen molar-refractivity contribution < 1.29 is 14.4 Å². The topological polar surface area (TPSA) is 90.5 Å². The second kappa shape index (κ2) is 5.05. The second-order valence-electron chi connectivity index (χ2n) is 5.93. The van der Waals surface area contributed by atoms with Gasteiger partial charge in [-0.25, -0.2) is 4.79 Å². The summed E-state index contributed by atoms with van der Waals surface area (Å²) in [7, 11) is 0. The third-order valence-electron chi connectivity index (χ3n) is 4.61. The standard InChI is InChI=1S/C13H20N4O3/c18-10(7-9-1-4-14-8-9)17-5-2-13(3-6-17)11(19)15-12(20)16-13/h9,14H,1-8H2,(H2,15,16,19,20). The Kier molecular flexibility index (Phi) is 3.37. The Hall–Kier alpha value is -1.63. The molecule has 0 bridgehead atoms. The van der Waals surface area contributed by atoms with E-state index in [0.29, 0.717) is 38.3 Å². The minimum Gasteiger partial charge on any atom is -0.342 e. The molecule has 0 aromatic rings. The lowest BCUT2D eigenvalue weighted by atomic mass is 9.87. The third kappa shape index (κ3) is 2.37. The van der Waals surface area contributed by atoms with Crippen LogP contribution in [-0.2, 0) is 9.59 Å². The van der Waals surface area contributed by atoms with Crippen molar-refractivity contribution in [1.29, 1.82) is 0 Å². The van der Waals surface area contributed by atoms with Crippen molar-refractivity contribution in [3.8, 4) is 0 Å². The predicted octanol–water partition coefficient (Wildman–Crippen LogP) is -0.813. The molecule has 3 heterocycles. The summed E-state index contributed by atoms with van der Waals surface area (Å²) < 4.78 is 0. The van der Waals surface area contributed by atoms with Crippen molar-refractivity contribution in [2.24, 2.45) is 5.92 Å². The molecule has 0 aromatic heterocycles. The van der Waals surface area contributed by atoms with Gasteiger partial charge >= 0.3 is 6.03 Å². The number of carbonyl (C=O) groups excluding carboxylic acids is 3. The quantitative estimate of drug-likeness (QED) is 0.577. The normalized spacial score (nSPS) is 28.6. The summed E-state index contributed by atoms with van der Waals surface area (Å²) in [6.07, 6.45) is 2.64. The maximum absolute atomic E-state index is 12.2. The molecule has 3 fully saturated rings. The smallest absolute Gasteiger partial charge is 0.322 e. The maximum Gasteiger partial charge on any atom is 0.322 e. The number of nitrogens with zero attached hydrogens (tertiary/aromatic N) is 1. The largest absolute Gasteiger partial charge is 0.342 e. The Balaban J connectivity index is 1.54. The first-order valence-electron chi connectivity index (χ1n) is 7.21. The van der Waals surface area contributed by atoms with Crippen LogP contribution in [0.25, 0.3) is 0 Å². The fraction of sp³-hybridized carbons (Fsp3) is 0.769. The molecule has 0 aliphatic carbocycles. The van der Waals surface area contributed by atoms with Crippen LogP contribution in [0.1, 0.15) is 25.7 Å². The van der Waals surface area contributed by atoms with Crippen LogP contribution in [0.5, 0.6) is 0 Å². The lowest BCUT2D eigenvalue weighted by molar-refractivity contribution is -0.136. The van der Waals surface area contributed by atoms with Crippen LogP contribution in [0, 0.1) is 5.92 Å². The summed E-state index contributed by atoms with van der Waals surface area (Å²) in [6, 6.07) is -0.424. The van der Waals surface area contributed by atoms with Gasteiger partial charge in [0.25, 0.3) is 5.91 Å². The molecule has 7 nitrogen and oxygen atoms in total. The van der Waals surface area contributed by atoms with Crippen LogP contribution >= 0.6 is 0 Å². The van der Waals surface area contributed by atoms with Gasteiger partial charge in [-0.2, -0.15) is 0 Å². The Morgan fingerprint density at radius 3 is 2.60 bits per heavy atom. The van der Waals surface area contributed by atoms with Crippen molar-refractivity contribution in [2.75, 3.05) is 26.2 Å². The summed E-state index contributed by atoms with van der Waals surface area (Å²) in [6.45, 7) is 2.98. The molecule has 1 unspecified atom stereocenters. The van der Waals surface area contributed by atoms with E-state index in [0.717, 1.165) is 19.5 Å². The van der Waals surface area contributed by atoms with Gasteiger partial charge in [0.1, 0.15) is 5.54 Å². The summed E-state index contributed by atoms with van der Waals surface area (Å²) in [5, 5.41) is 8.24. The number of hydrogen-bond acceptors (Lipinski definition) is 4. The lowest BCUT2D eigenvalue weighted by Crippen LogP contribution is -2.55. The van der Waals surface area contributed by atoms with Gasteiger partial charge in [-0.1, -0.05) is 0 Å². The highest BCUT2D eigenvalue weighted by Crippen LogP contribution is 2.26. The molecular weight excluding hydrogens is 260 g/mol. The first kappa shape index (κ1) is 13.4. The molecule has 0 aromatic carbocycles. The van der Waals surface area contributed by atoms with Gasteiger partial charge in [0.2, 0.25) is 5.91 Å². The number of imide groups is 1. The molecule has 3 rings (SSSR count). The van der Waals surface area contributed by atoms with Crippen molar-refractivity contribution in [3.05, 3.63) is 0 Å². The number of likely N-dealkylation sites (tertiary alicyclic amines) is 1. The highest BCUT2D eigenvalue weighted by atomic mass is 16.2. The van der Waals surface area contributed by atoms with E-state index in [1.807, 2.05) is 4.90 Å². The van der Waals surface area contributed by atoms with E-state index in [9.17, 15) is 14.4 Å². The van der Waals surface area contributed by atoms with Crippen LogP contribution in [-0.4, -0.2) is 54.5 Å². The number of hydrogen-bond donors (Lipinski definition) is 3. The third-order valence-corrected chi connectivity index (χ3v) is 4.61. The zero-order valence-corrected chi connectivity index (χ0v) is 11.4. The Morgan fingerprint density at radius 1 is 1.30 bits per heavy atom. The van der Waals surface area contributed by atoms with Gasteiger partial charge in [-0.05, 0) is 38.3 Å². The zero-order valence-electron chi connectivity index (χ0n) is 11.4. The van der Waals surface area contributed by atoms with Crippen molar-refractivity contribution in [3.63, 3.8) is 0 Å². The van der Waals surface area contributed by atoms with E-state index in [4.69, 9.17) is 0 Å². The number of nitrogens with one attached hydrogen (secondary N) is 3. The van der Waals surface area contributed by atoms with Gasteiger partial charge in [-0.3, -0.25) is 14.9 Å². The minimum absolute atomic E-state index is 0.165. The summed E-state index contributed by atoms with van der Waals surface area (Å²) in [5.74, 6) is 0.348. The number of rotatable bonds is 2. The van der Waals surface area contributed by atoms with Gasteiger partial charge < -0.3 is 15.5 Å². The molecule has 20 heavy (non-hydrogen) atoms. The van der Waals surface area contributed by atoms with Crippen molar-refractivity contribution in [2.45, 2.75) is 31.2 Å². The maximum atomic E-state index is 12.2. The van der Waals surface area contributed by atoms with Crippen molar-refractivity contribution >= 4 is 17.8 Å². The van der Waals surface area contributed by atoms with E-state index in [1.54, 1.807) is 0 Å². The van der Waals surface area contributed by atoms with Gasteiger partial charge in [0, 0.05) is 19.5 Å². The fourth-order valence-corrected chi connectivity index (χ4v) is 3.28. The van der Waals surface area contributed by atoms with E-state index in [-0.39, 0.29) is 11.8 Å². The Labute approximate surface area is 117 Å². The van der Waals surface area contributed by atoms with E-state index in [2.05, 4.69) is 16.0 Å². The highest BCUT2D eigenvalue weighted by molar-refractivity contribution is 6.07. The number of carbonyl (C=O) groups is 3. The molecule has 0 radical (unpaired) electrons. The number of urea groups is 1. The molecule has 1 spiro atoms. The second-order valence-corrected chi connectivity index (χ2v) is 5.93. The monoisotopic (exact) mass is 280 g/mol. The highest BCUT2D eigenvalue weighted by Gasteiger charge is 2.48. The van der Waals surface area contributed by atoms with E-state index >= 15 is 0 Å². The number of amides is 4. The van der Waals surface area contributed by atoms with Gasteiger partial charge in [0.05, 0.1) is 0 Å². The Morgan fingerprint density at radius 2 is 2.05 bits per heavy atom. The minimum atomic E-state index is -0.789. The van der Waals surface area contributed by atoms with Crippen LogP contribution in [0.3, 0.4) is 0 Å². The molecule has 3 aliphatic rings. The van der Waals surface area contributed by atoms with Crippen LogP contribution in [0.15, 0.2) is 0 Å². The molecule has 4 amide bonds. The Bertz CT molecular complexity index is 437. The fourth-order valence-electron chi connectivity index (χ4n) is 3.28. The SMILES string of the molecule is O=C1NC(=O)C2(CCN(C(=O)CC3CCNC3)CC2)N1. The molecule has 3 saturated heterocycles. The summed E-state index contributed by atoms with van der Waals surface area (Å²) >= 11 is 0. The molecule has 110 valence electrons. The first-order valence-corrected chi connectivity index (χ1v) is 7.21. The average molecular weight is 280 g/mol. The predicted molar refractivity (Wildman–Crippen MR) is 70.8 cm³/mol. The molecule has 1 atom stereocenters. The summed E-state index contributed by atoms with van der Waals surface area (Å²) in [4.78, 5) is 37.1. The van der Waals surface area contributed by atoms with Crippen LogP contribution in [0.4, 0.5) is 4.79 Å².